The number of nitro groups is 1. The highest BCUT2D eigenvalue weighted by atomic mass is 32.2. The van der Waals surface area contributed by atoms with Gasteiger partial charge in [-0.2, -0.15) is 0 Å². The quantitative estimate of drug-likeness (QED) is 0.693. The van der Waals surface area contributed by atoms with Crippen molar-refractivity contribution in [3.05, 3.63) is 58.3 Å². The Hall–Kier alpha value is -2.41. The van der Waals surface area contributed by atoms with Crippen molar-refractivity contribution in [3.63, 3.8) is 0 Å². The van der Waals surface area contributed by atoms with Crippen LogP contribution in [0.1, 0.15) is 12.0 Å². The number of nitrogens with one attached hydrogen (secondary N) is 1. The number of benzene rings is 1. The Morgan fingerprint density at radius 2 is 2.09 bits per heavy atom. The Morgan fingerprint density at radius 3 is 2.86 bits per heavy atom. The van der Waals surface area contributed by atoms with Gasteiger partial charge in [0.05, 0.1) is 4.92 Å². The number of amidine groups is 1. The molecule has 0 unspecified atom stereocenters. The average molecular weight is 314 g/mol. The van der Waals surface area contributed by atoms with Gasteiger partial charge in [0.2, 0.25) is 0 Å². The van der Waals surface area contributed by atoms with Gasteiger partial charge in [-0.3, -0.25) is 15.1 Å². The van der Waals surface area contributed by atoms with Crippen LogP contribution in [0.25, 0.3) is 0 Å². The maximum Gasteiger partial charge on any atom is 0.301 e. The Morgan fingerprint density at radius 1 is 1.23 bits per heavy atom. The summed E-state index contributed by atoms with van der Waals surface area (Å²) in [6.07, 6.45) is 2.58. The van der Waals surface area contributed by atoms with Gasteiger partial charge in [-0.1, -0.05) is 30.0 Å². The molecule has 0 fully saturated rings. The number of rotatable bonds is 4. The predicted octanol–water partition coefficient (Wildman–Crippen LogP) is 2.88. The summed E-state index contributed by atoms with van der Waals surface area (Å²) in [6, 6.07) is 10.8. The van der Waals surface area contributed by atoms with E-state index in [1.807, 2.05) is 24.3 Å². The fourth-order valence-electron chi connectivity index (χ4n) is 2.17. The van der Waals surface area contributed by atoms with Crippen LogP contribution < -0.4 is 5.32 Å². The highest BCUT2D eigenvalue weighted by molar-refractivity contribution is 7.99. The first-order chi connectivity index (χ1) is 10.8. The number of aliphatic imine (C=N–C) groups is 1. The number of hydrogen-bond acceptors (Lipinski definition) is 6. The third-order valence-corrected chi connectivity index (χ3v) is 4.28. The predicted molar refractivity (Wildman–Crippen MR) is 85.5 cm³/mol. The molecule has 1 N–H and O–H groups in total. The molecule has 0 spiro atoms. The third kappa shape index (κ3) is 3.09. The molecule has 112 valence electrons. The van der Waals surface area contributed by atoms with Crippen molar-refractivity contribution in [3.8, 4) is 0 Å². The zero-order valence-electron chi connectivity index (χ0n) is 11.7. The van der Waals surface area contributed by atoms with Crippen LogP contribution in [0, 0.1) is 10.1 Å². The second-order valence-corrected chi connectivity index (χ2v) is 5.72. The minimum absolute atomic E-state index is 0.0147. The summed E-state index contributed by atoms with van der Waals surface area (Å²) in [5.74, 6) is 0.841. The van der Waals surface area contributed by atoms with E-state index < -0.39 is 4.92 Å². The second kappa shape index (κ2) is 6.57. The molecular weight excluding hydrogens is 300 g/mol. The first kappa shape index (κ1) is 14.5. The Bertz CT molecular complexity index is 733. The minimum Gasteiger partial charge on any atom is -0.370 e. The van der Waals surface area contributed by atoms with E-state index in [1.54, 1.807) is 12.3 Å². The van der Waals surface area contributed by atoms with Crippen LogP contribution in [0.3, 0.4) is 0 Å². The lowest BCUT2D eigenvalue weighted by atomic mass is 10.2. The van der Waals surface area contributed by atoms with E-state index in [4.69, 9.17) is 0 Å². The van der Waals surface area contributed by atoms with Crippen molar-refractivity contribution >= 4 is 23.3 Å². The number of pyridine rings is 1. The Labute approximate surface area is 131 Å². The van der Waals surface area contributed by atoms with Gasteiger partial charge in [0.25, 0.3) is 0 Å². The minimum atomic E-state index is -0.408. The van der Waals surface area contributed by atoms with Gasteiger partial charge >= 0.3 is 5.69 Å². The van der Waals surface area contributed by atoms with Crippen molar-refractivity contribution < 1.29 is 4.92 Å². The van der Waals surface area contributed by atoms with Gasteiger partial charge in [-0.25, -0.2) is 4.98 Å². The lowest BCUT2D eigenvalue weighted by molar-refractivity contribution is -0.388. The highest BCUT2D eigenvalue weighted by Gasteiger charge is 2.18. The van der Waals surface area contributed by atoms with Crippen LogP contribution in [0.4, 0.5) is 5.69 Å². The average Bonchev–Trinajstić information content (AvgIpc) is 2.56. The summed E-state index contributed by atoms with van der Waals surface area (Å²) in [5.41, 5.74) is 0.966. The standard InChI is InChI=1S/C15H14N4O2S/c20-19(21)12-6-3-8-18-15(12)22-13-7-2-1-5-11(13)14-16-9-4-10-17-14/h1-3,5-8H,4,9-10H2,(H,16,17). The van der Waals surface area contributed by atoms with Gasteiger partial charge in [-0.15, -0.1) is 0 Å². The van der Waals surface area contributed by atoms with Crippen LogP contribution in [0.15, 0.2) is 57.5 Å². The van der Waals surface area contributed by atoms with Crippen LogP contribution in [-0.4, -0.2) is 28.8 Å². The second-order valence-electron chi connectivity index (χ2n) is 4.69. The molecule has 0 saturated carbocycles. The van der Waals surface area contributed by atoms with E-state index in [9.17, 15) is 10.1 Å². The van der Waals surface area contributed by atoms with E-state index in [2.05, 4.69) is 15.3 Å². The van der Waals surface area contributed by atoms with Gasteiger partial charge in [-0.05, 0) is 18.6 Å². The van der Waals surface area contributed by atoms with E-state index in [0.29, 0.717) is 5.03 Å². The monoisotopic (exact) mass is 314 g/mol. The molecule has 0 saturated heterocycles. The van der Waals surface area contributed by atoms with Gasteiger partial charge in [0, 0.05) is 35.8 Å². The summed E-state index contributed by atoms with van der Waals surface area (Å²) in [5, 5.41) is 14.8. The molecule has 7 heteroatoms. The van der Waals surface area contributed by atoms with Gasteiger partial charge in [0.1, 0.15) is 5.84 Å². The molecule has 1 aliphatic heterocycles. The molecule has 3 rings (SSSR count). The van der Waals surface area contributed by atoms with Crippen molar-refractivity contribution in [2.45, 2.75) is 16.3 Å². The van der Waals surface area contributed by atoms with Crippen LogP contribution >= 0.6 is 11.8 Å². The largest absolute Gasteiger partial charge is 0.370 e. The van der Waals surface area contributed by atoms with Crippen molar-refractivity contribution in [2.24, 2.45) is 4.99 Å². The maximum atomic E-state index is 11.1. The molecule has 22 heavy (non-hydrogen) atoms. The molecule has 0 bridgehead atoms. The number of aromatic nitrogens is 1. The highest BCUT2D eigenvalue weighted by Crippen LogP contribution is 2.34. The summed E-state index contributed by atoms with van der Waals surface area (Å²) in [7, 11) is 0. The first-order valence-electron chi connectivity index (χ1n) is 6.90. The smallest absolute Gasteiger partial charge is 0.301 e. The molecular formula is C15H14N4O2S. The lowest BCUT2D eigenvalue weighted by Gasteiger charge is -2.17. The first-order valence-corrected chi connectivity index (χ1v) is 7.72. The summed E-state index contributed by atoms with van der Waals surface area (Å²) in [4.78, 5) is 20.2. The topological polar surface area (TPSA) is 80.4 Å². The van der Waals surface area contributed by atoms with E-state index >= 15 is 0 Å². The van der Waals surface area contributed by atoms with Crippen LogP contribution in [0.2, 0.25) is 0 Å². The van der Waals surface area contributed by atoms with E-state index in [1.165, 1.54) is 17.8 Å². The van der Waals surface area contributed by atoms with Crippen molar-refractivity contribution in [2.75, 3.05) is 13.1 Å². The van der Waals surface area contributed by atoms with E-state index in [0.717, 1.165) is 35.8 Å². The SMILES string of the molecule is O=[N+]([O-])c1cccnc1Sc1ccccc1C1=NCCCN1. The molecule has 0 amide bonds. The van der Waals surface area contributed by atoms with Gasteiger partial charge < -0.3 is 5.32 Å². The van der Waals surface area contributed by atoms with Crippen LogP contribution in [-0.2, 0) is 0 Å². The van der Waals surface area contributed by atoms with Crippen molar-refractivity contribution in [1.29, 1.82) is 0 Å². The molecule has 0 atom stereocenters. The fourth-order valence-corrected chi connectivity index (χ4v) is 3.16. The number of hydrogen-bond donors (Lipinski definition) is 1. The molecule has 1 aliphatic rings. The fraction of sp³-hybridized carbons (Fsp3) is 0.200. The van der Waals surface area contributed by atoms with E-state index in [-0.39, 0.29) is 5.69 Å². The number of nitrogens with zero attached hydrogens (tertiary/aromatic N) is 3. The normalized spacial score (nSPS) is 14.1. The molecule has 0 aliphatic carbocycles. The van der Waals surface area contributed by atoms with Crippen molar-refractivity contribution in [1.82, 2.24) is 10.3 Å². The Balaban J connectivity index is 1.97. The molecule has 2 heterocycles. The summed E-state index contributed by atoms with van der Waals surface area (Å²) >= 11 is 1.29. The Kier molecular flexibility index (Phi) is 4.34. The maximum absolute atomic E-state index is 11.1. The van der Waals surface area contributed by atoms with Gasteiger partial charge in [0.15, 0.2) is 5.03 Å². The summed E-state index contributed by atoms with van der Waals surface area (Å²) in [6.45, 7) is 1.69. The van der Waals surface area contributed by atoms with Crippen LogP contribution in [0.5, 0.6) is 0 Å². The molecule has 1 aromatic carbocycles. The zero-order chi connectivity index (χ0) is 15.4. The third-order valence-electron chi connectivity index (χ3n) is 3.19. The molecule has 6 nitrogen and oxygen atoms in total. The molecule has 1 aromatic heterocycles. The summed E-state index contributed by atoms with van der Waals surface area (Å²) < 4.78 is 0. The molecule has 2 aromatic rings. The zero-order valence-corrected chi connectivity index (χ0v) is 12.5. The lowest BCUT2D eigenvalue weighted by Crippen LogP contribution is -2.30. The molecule has 0 radical (unpaired) electrons.